The number of hydrogen-bond acceptors (Lipinski definition) is 4. The number of anilines is 1. The molecule has 1 atom stereocenters. The van der Waals surface area contributed by atoms with Crippen LogP contribution in [0.5, 0.6) is 5.75 Å². The highest BCUT2D eigenvalue weighted by atomic mass is 16.5. The molecule has 2 heterocycles. The number of aromatic nitrogens is 2. The van der Waals surface area contributed by atoms with Crippen molar-refractivity contribution in [3.63, 3.8) is 0 Å². The molecule has 0 bridgehead atoms. The average Bonchev–Trinajstić information content (AvgIpc) is 3.57. The third kappa shape index (κ3) is 5.20. The molecule has 2 aliphatic rings. The van der Waals surface area contributed by atoms with Crippen molar-refractivity contribution in [1.29, 1.82) is 0 Å². The second-order valence-electron chi connectivity index (χ2n) is 10.9. The highest BCUT2D eigenvalue weighted by Gasteiger charge is 2.36. The summed E-state index contributed by atoms with van der Waals surface area (Å²) >= 11 is 0. The van der Waals surface area contributed by atoms with E-state index in [-0.39, 0.29) is 30.3 Å². The lowest BCUT2D eigenvalue weighted by Gasteiger charge is -2.35. The summed E-state index contributed by atoms with van der Waals surface area (Å²) in [6.45, 7) is 1.31. The van der Waals surface area contributed by atoms with Gasteiger partial charge >= 0.3 is 0 Å². The van der Waals surface area contributed by atoms with Gasteiger partial charge in [-0.25, -0.2) is 4.98 Å². The number of nitrogens with zero attached hydrogens (tertiary/aromatic N) is 4. The van der Waals surface area contributed by atoms with Crippen molar-refractivity contribution in [2.24, 2.45) is 0 Å². The van der Waals surface area contributed by atoms with Gasteiger partial charge in [0.05, 0.1) is 23.8 Å². The van der Waals surface area contributed by atoms with Crippen molar-refractivity contribution in [3.8, 4) is 5.75 Å². The molecule has 4 aromatic rings. The van der Waals surface area contributed by atoms with Crippen LogP contribution in [-0.2, 0) is 22.7 Å². The quantitative estimate of drug-likeness (QED) is 0.280. The Kier molecular flexibility index (Phi) is 7.53. The number of carbonyl (C=O) groups excluding carboxylic acids is 2. The molecular weight excluding hydrogens is 500 g/mol. The van der Waals surface area contributed by atoms with Gasteiger partial charge in [-0.05, 0) is 42.7 Å². The molecule has 7 heteroatoms. The third-order valence-electron chi connectivity index (χ3n) is 8.38. The van der Waals surface area contributed by atoms with Gasteiger partial charge in [-0.3, -0.25) is 9.59 Å². The van der Waals surface area contributed by atoms with Crippen LogP contribution in [0.2, 0.25) is 0 Å². The van der Waals surface area contributed by atoms with Gasteiger partial charge in [0.15, 0.2) is 0 Å². The topological polar surface area (TPSA) is 67.7 Å². The molecule has 3 aromatic carbocycles. The number of methoxy groups -OCH3 is 1. The van der Waals surface area contributed by atoms with E-state index in [1.807, 2.05) is 66.7 Å². The van der Waals surface area contributed by atoms with E-state index < -0.39 is 0 Å². The third-order valence-corrected chi connectivity index (χ3v) is 8.38. The van der Waals surface area contributed by atoms with E-state index in [0.717, 1.165) is 53.8 Å². The number of ether oxygens (including phenoxy) is 1. The van der Waals surface area contributed by atoms with Gasteiger partial charge in [-0.2, -0.15) is 0 Å². The van der Waals surface area contributed by atoms with Crippen LogP contribution < -0.4 is 9.64 Å². The minimum absolute atomic E-state index is 0.0346. The summed E-state index contributed by atoms with van der Waals surface area (Å²) < 4.78 is 7.60. The van der Waals surface area contributed by atoms with E-state index in [4.69, 9.17) is 9.72 Å². The zero-order valence-electron chi connectivity index (χ0n) is 23.0. The molecular formula is C33H36N4O3. The molecule has 40 heavy (non-hydrogen) atoms. The van der Waals surface area contributed by atoms with Gasteiger partial charge in [0.25, 0.3) is 0 Å². The summed E-state index contributed by atoms with van der Waals surface area (Å²) in [6.07, 6.45) is 5.98. The number of fused-ring (bicyclic) bond motifs is 1. The van der Waals surface area contributed by atoms with Crippen LogP contribution >= 0.6 is 0 Å². The maximum atomic E-state index is 14.1. The second kappa shape index (κ2) is 11.5. The van der Waals surface area contributed by atoms with Crippen molar-refractivity contribution in [2.45, 2.75) is 63.6 Å². The monoisotopic (exact) mass is 536 g/mol. The first-order valence-electron chi connectivity index (χ1n) is 14.3. The van der Waals surface area contributed by atoms with Crippen LogP contribution in [0.3, 0.4) is 0 Å². The standard InChI is InChI=1S/C33H36N4O3/c1-40-30-19-11-10-18-29(30)36-22-25(20-31(36)38)33-34-27-16-8-9-17-28(27)37(33)23-32(39)35(26-14-6-3-7-15-26)21-24-12-4-2-5-13-24/h2,4-5,8-13,16-19,25-26H,3,6-7,14-15,20-23H2,1H3. The molecule has 1 unspecified atom stereocenters. The smallest absolute Gasteiger partial charge is 0.243 e. The van der Waals surface area contributed by atoms with Crippen molar-refractivity contribution in [2.75, 3.05) is 18.6 Å². The van der Waals surface area contributed by atoms with E-state index in [1.54, 1.807) is 12.0 Å². The van der Waals surface area contributed by atoms with Gasteiger partial charge in [0, 0.05) is 31.5 Å². The fourth-order valence-electron chi connectivity index (χ4n) is 6.36. The zero-order chi connectivity index (χ0) is 27.5. The first-order valence-corrected chi connectivity index (χ1v) is 14.3. The Morgan fingerprint density at radius 2 is 1.68 bits per heavy atom. The van der Waals surface area contributed by atoms with E-state index in [0.29, 0.717) is 25.3 Å². The van der Waals surface area contributed by atoms with Crippen molar-refractivity contribution < 1.29 is 14.3 Å². The summed E-state index contributed by atoms with van der Waals surface area (Å²) in [5.74, 6) is 1.47. The molecule has 2 amide bonds. The van der Waals surface area contributed by atoms with E-state index >= 15 is 0 Å². The molecule has 2 fully saturated rings. The van der Waals surface area contributed by atoms with E-state index in [1.165, 1.54) is 6.42 Å². The minimum Gasteiger partial charge on any atom is -0.495 e. The number of hydrogen-bond donors (Lipinski definition) is 0. The molecule has 1 aromatic heterocycles. The van der Waals surface area contributed by atoms with Crippen LogP contribution in [0, 0.1) is 0 Å². The highest BCUT2D eigenvalue weighted by molar-refractivity contribution is 5.98. The molecule has 7 nitrogen and oxygen atoms in total. The average molecular weight is 537 g/mol. The number of amides is 2. The summed E-state index contributed by atoms with van der Waals surface area (Å²) in [5.41, 5.74) is 3.69. The Morgan fingerprint density at radius 1 is 0.950 bits per heavy atom. The summed E-state index contributed by atoms with van der Waals surface area (Å²) in [7, 11) is 1.62. The lowest BCUT2D eigenvalue weighted by molar-refractivity contribution is -0.135. The van der Waals surface area contributed by atoms with Crippen molar-refractivity contribution in [3.05, 3.63) is 90.3 Å². The number of rotatable bonds is 8. The van der Waals surface area contributed by atoms with Gasteiger partial charge < -0.3 is 19.1 Å². The molecule has 1 aliphatic heterocycles. The SMILES string of the molecule is COc1ccccc1N1CC(c2nc3ccccc3n2CC(=O)N(Cc2ccccc2)C2CCCCC2)CC1=O. The Morgan fingerprint density at radius 3 is 2.48 bits per heavy atom. The Labute approximate surface area is 235 Å². The molecule has 1 aliphatic carbocycles. The lowest BCUT2D eigenvalue weighted by Crippen LogP contribution is -2.42. The summed E-state index contributed by atoms with van der Waals surface area (Å²) in [5, 5.41) is 0. The number of benzene rings is 3. The predicted molar refractivity (Wildman–Crippen MR) is 156 cm³/mol. The molecule has 206 valence electrons. The van der Waals surface area contributed by atoms with Crippen LogP contribution in [0.1, 0.15) is 55.8 Å². The Hall–Kier alpha value is -4.13. The second-order valence-corrected chi connectivity index (χ2v) is 10.9. The van der Waals surface area contributed by atoms with E-state index in [2.05, 4.69) is 21.6 Å². The lowest BCUT2D eigenvalue weighted by atomic mass is 9.93. The number of para-hydroxylation sites is 4. The molecule has 1 saturated carbocycles. The maximum absolute atomic E-state index is 14.1. The predicted octanol–water partition coefficient (Wildman–Crippen LogP) is 5.93. The fraction of sp³-hybridized carbons (Fsp3) is 0.364. The Balaban J connectivity index is 1.32. The van der Waals surface area contributed by atoms with Gasteiger partial charge in [-0.1, -0.05) is 73.9 Å². The van der Waals surface area contributed by atoms with Crippen LogP contribution in [0.15, 0.2) is 78.9 Å². The van der Waals surface area contributed by atoms with Crippen LogP contribution in [0.4, 0.5) is 5.69 Å². The highest BCUT2D eigenvalue weighted by Crippen LogP contribution is 2.37. The minimum atomic E-state index is -0.130. The maximum Gasteiger partial charge on any atom is 0.243 e. The Bertz CT molecular complexity index is 1490. The molecule has 1 saturated heterocycles. The summed E-state index contributed by atoms with van der Waals surface area (Å²) in [6, 6.07) is 26.1. The molecule has 0 spiro atoms. The van der Waals surface area contributed by atoms with Crippen molar-refractivity contribution in [1.82, 2.24) is 14.5 Å². The fourth-order valence-corrected chi connectivity index (χ4v) is 6.36. The van der Waals surface area contributed by atoms with Gasteiger partial charge in [0.1, 0.15) is 18.1 Å². The van der Waals surface area contributed by atoms with E-state index in [9.17, 15) is 9.59 Å². The molecule has 0 N–H and O–H groups in total. The number of carbonyl (C=O) groups is 2. The normalized spacial score (nSPS) is 17.9. The van der Waals surface area contributed by atoms with Crippen LogP contribution in [-0.4, -0.2) is 46.0 Å². The van der Waals surface area contributed by atoms with Crippen LogP contribution in [0.25, 0.3) is 11.0 Å². The zero-order valence-corrected chi connectivity index (χ0v) is 23.0. The molecule has 0 radical (unpaired) electrons. The largest absolute Gasteiger partial charge is 0.495 e. The first-order chi connectivity index (χ1) is 19.6. The number of imidazole rings is 1. The first kappa shape index (κ1) is 26.1. The van der Waals surface area contributed by atoms with Gasteiger partial charge in [-0.15, -0.1) is 0 Å². The summed E-state index contributed by atoms with van der Waals surface area (Å²) in [4.78, 5) is 36.3. The molecule has 6 rings (SSSR count). The van der Waals surface area contributed by atoms with Crippen molar-refractivity contribution >= 4 is 28.5 Å². The van der Waals surface area contributed by atoms with Gasteiger partial charge in [0.2, 0.25) is 11.8 Å².